The second kappa shape index (κ2) is 39.1. The van der Waals surface area contributed by atoms with Crippen LogP contribution in [-0.4, -0.2) is 29.9 Å². The molecule has 0 atom stereocenters. The van der Waals surface area contributed by atoms with Crippen molar-refractivity contribution in [2.75, 3.05) is 0 Å². The van der Waals surface area contributed by atoms with Crippen LogP contribution in [-0.2, 0) is 40.2 Å². The van der Waals surface area contributed by atoms with Crippen LogP contribution >= 0.6 is 0 Å². The molecule has 16 aromatic carbocycles. The number of hydrogen-bond acceptors (Lipinski definition) is 6. The Hall–Kier alpha value is -15.5. The summed E-state index contributed by atoms with van der Waals surface area (Å²) in [5.41, 5.74) is 39.3. The number of pyridine rings is 4. The Balaban J connectivity index is 0.000000177. The van der Waals surface area contributed by atoms with E-state index in [2.05, 4.69) is 395 Å². The number of hydrogen-bond donors (Lipinski definition) is 0. The van der Waals surface area contributed by atoms with Gasteiger partial charge in [0.25, 0.3) is 0 Å². The number of benzene rings is 16. The summed E-state index contributed by atoms with van der Waals surface area (Å²) in [4.78, 5) is 27.4. The van der Waals surface area contributed by atoms with Crippen LogP contribution in [0.3, 0.4) is 0 Å². The van der Waals surface area contributed by atoms with Gasteiger partial charge < -0.3 is 29.9 Å². The maximum absolute atomic E-state index is 4.74. The molecular weight excluding hydrogens is 1910 g/mol. The maximum Gasteiger partial charge on any atom is 3.00 e. The van der Waals surface area contributed by atoms with Gasteiger partial charge in [0.1, 0.15) is 0 Å². The molecule has 8 heteroatoms. The fourth-order valence-corrected chi connectivity index (χ4v) is 16.7. The molecule has 128 heavy (non-hydrogen) atoms. The predicted octanol–water partition coefficient (Wildman–Crippen LogP) is 30.2. The van der Waals surface area contributed by atoms with E-state index in [1.807, 2.05) is 116 Å². The largest absolute Gasteiger partial charge is 3.00 e. The fraction of sp³-hybridized carbons (Fsp3) is 0. The summed E-state index contributed by atoms with van der Waals surface area (Å²) >= 11 is 0. The third kappa shape index (κ3) is 18.2. The predicted molar refractivity (Wildman–Crippen MR) is 516 cm³/mol. The molecule has 0 saturated carbocycles. The third-order valence-electron chi connectivity index (χ3n) is 22.9. The molecule has 0 saturated heterocycles. The van der Waals surface area contributed by atoms with Crippen molar-refractivity contribution in [2.45, 2.75) is 0 Å². The van der Waals surface area contributed by atoms with Gasteiger partial charge in [-0.15, -0.1) is 107 Å². The van der Waals surface area contributed by atoms with E-state index < -0.39 is 0 Å². The van der Waals surface area contributed by atoms with Crippen LogP contribution in [0.4, 0.5) is 0 Å². The van der Waals surface area contributed by atoms with Crippen LogP contribution in [0.5, 0.6) is 0 Å². The van der Waals surface area contributed by atoms with E-state index in [0.717, 1.165) is 190 Å². The smallest absolute Gasteiger partial charge is 0.333 e. The summed E-state index contributed by atoms with van der Waals surface area (Å²) in [6.07, 6.45) is 10.8. The molecule has 5 aromatic heterocycles. The molecule has 6 nitrogen and oxygen atoms in total. The first-order valence-corrected chi connectivity index (χ1v) is 42.1. The van der Waals surface area contributed by atoms with E-state index in [-0.39, 0.29) is 40.2 Å². The second-order valence-electron chi connectivity index (χ2n) is 30.7. The van der Waals surface area contributed by atoms with Crippen molar-refractivity contribution in [1.29, 1.82) is 0 Å². The van der Waals surface area contributed by atoms with Gasteiger partial charge in [0, 0.05) is 37.2 Å². The molecule has 0 N–H and O–H groups in total. The minimum Gasteiger partial charge on any atom is -0.333 e. The molecule has 21 aromatic rings. The van der Waals surface area contributed by atoms with Gasteiger partial charge in [-0.25, -0.2) is 17.7 Å². The van der Waals surface area contributed by atoms with Gasteiger partial charge in [0.2, 0.25) is 0 Å². The zero-order valence-corrected chi connectivity index (χ0v) is 74.0. The third-order valence-corrected chi connectivity index (χ3v) is 22.9. The van der Waals surface area contributed by atoms with E-state index in [0.29, 0.717) is 5.82 Å². The molecule has 0 radical (unpaired) electrons. The number of nitrogens with zero attached hydrogens (tertiary/aromatic N) is 6. The average molecular weight is 1990 g/mol. The topological polar surface area (TPSA) is 77.3 Å². The normalized spacial score (nSPS) is 10.8. The van der Waals surface area contributed by atoms with Crippen molar-refractivity contribution >= 4 is 0 Å². The molecule has 604 valence electrons. The van der Waals surface area contributed by atoms with E-state index >= 15 is 0 Å². The van der Waals surface area contributed by atoms with Gasteiger partial charge in [-0.3, -0.25) is 12.1 Å². The molecule has 21 rings (SSSR count). The van der Waals surface area contributed by atoms with Crippen molar-refractivity contribution in [2.24, 2.45) is 0 Å². The van der Waals surface area contributed by atoms with Crippen molar-refractivity contribution < 1.29 is 40.2 Å². The Morgan fingerprint density at radius 3 is 0.773 bits per heavy atom. The van der Waals surface area contributed by atoms with Gasteiger partial charge in [-0.05, 0) is 184 Å². The first-order chi connectivity index (χ1) is 62.5. The van der Waals surface area contributed by atoms with Crippen molar-refractivity contribution in [3.8, 4) is 212 Å². The molecule has 0 aliphatic heterocycles. The molecule has 0 fully saturated rings. The van der Waals surface area contributed by atoms with Crippen LogP contribution in [0, 0.1) is 36.4 Å². The van der Waals surface area contributed by atoms with E-state index in [4.69, 9.17) is 4.98 Å². The fourth-order valence-electron chi connectivity index (χ4n) is 16.7. The zero-order chi connectivity index (χ0) is 84.2. The Bertz CT molecular complexity index is 7250. The molecule has 5 heterocycles. The molecule has 0 amide bonds. The summed E-state index contributed by atoms with van der Waals surface area (Å²) in [7, 11) is 0. The SMILES string of the molecule is [Ir+3].[Ir+3].[c-]1cc(-c2ccccc2-c2cc(-c3ccccc3-c3c[c-]c(-c4ccccn4)cc3)cc(-c3ccccc3-c3c[c-]c(-c4ccccn4)cc3-c3cccc(-c4ccccc4)c3)c2)c[c-]c1-c1ncccn1.[c-]1cc(-c2ccccc2-c2cccc(-c3ccccc3-c3c[c-]c(-c4ccccn4)cc3-c3cccc(-c4ccccc4)c3)c2)ccc1-c1ccccn1. The van der Waals surface area contributed by atoms with Gasteiger partial charge in [-0.2, -0.15) is 5.56 Å². The molecule has 0 bridgehead atoms. The first-order valence-electron chi connectivity index (χ1n) is 42.1. The summed E-state index contributed by atoms with van der Waals surface area (Å²) in [5.74, 6) is 0.590. The molecule has 0 aliphatic rings. The zero-order valence-electron chi connectivity index (χ0n) is 69.2. The van der Waals surface area contributed by atoms with Crippen LogP contribution in [0.25, 0.3) is 212 Å². The Labute approximate surface area is 774 Å². The first kappa shape index (κ1) is 83.4. The van der Waals surface area contributed by atoms with Gasteiger partial charge >= 0.3 is 40.2 Å². The Morgan fingerprint density at radius 2 is 0.406 bits per heavy atom. The minimum absolute atomic E-state index is 0. The van der Waals surface area contributed by atoms with E-state index in [9.17, 15) is 0 Å². The van der Waals surface area contributed by atoms with Crippen LogP contribution < -0.4 is 0 Å². The standard InChI is InChI=1S/C68H42N4.C52H34N2.2Ir/c1-2-16-47(17-3-1)52-18-14-19-53(42-52)65-46-54(67-27-11-13-39-70-67)36-37-64(65)63-25-9-8-24-62(63)57-44-55(60-22-6-4-20-58(60)48-28-32-50(33-29-48)66-26-10-12-38-69-66)43-56(45-57)61-23-7-5-21-59(61)49-30-34-51(35-31-49)68-71-40-15-41-72-68;1-2-14-37(15-3-1)40-16-12-19-43(34-40)50-36-44(52-25-9-11-33-54-52)30-31-49(50)48-23-7-6-22-47(48)42-18-13-17-41(35-42)46-21-5-4-20-45(46)38-26-28-39(29-27-38)51-24-8-10-32-53-51;;/h1-32,37-46H;1-28,31-36H;;/q-4;-2;2*+3. The second-order valence-corrected chi connectivity index (χ2v) is 30.7. The summed E-state index contributed by atoms with van der Waals surface area (Å²) < 4.78 is 0. The van der Waals surface area contributed by atoms with Crippen molar-refractivity contribution in [3.05, 3.63) is 498 Å². The number of aromatic nitrogens is 6. The summed E-state index contributed by atoms with van der Waals surface area (Å²) in [6.45, 7) is 0. The summed E-state index contributed by atoms with van der Waals surface area (Å²) in [5, 5.41) is 0. The van der Waals surface area contributed by atoms with E-state index in [1.54, 1.807) is 12.4 Å². The van der Waals surface area contributed by atoms with Gasteiger partial charge in [0.05, 0.1) is 0 Å². The van der Waals surface area contributed by atoms with Crippen molar-refractivity contribution in [3.63, 3.8) is 0 Å². The minimum atomic E-state index is 0. The monoisotopic (exact) mass is 1990 g/mol. The molecule has 0 unspecified atom stereocenters. The van der Waals surface area contributed by atoms with Gasteiger partial charge in [-0.1, -0.05) is 346 Å². The van der Waals surface area contributed by atoms with Gasteiger partial charge in [0.15, 0.2) is 0 Å². The Morgan fingerprint density at radius 1 is 0.141 bits per heavy atom. The van der Waals surface area contributed by atoms with Crippen LogP contribution in [0.15, 0.2) is 462 Å². The average Bonchev–Trinajstić information content (AvgIpc) is 0.776. The number of rotatable bonds is 19. The van der Waals surface area contributed by atoms with E-state index in [1.165, 1.54) is 16.7 Å². The van der Waals surface area contributed by atoms with Crippen LogP contribution in [0.1, 0.15) is 0 Å². The van der Waals surface area contributed by atoms with Crippen molar-refractivity contribution in [1.82, 2.24) is 29.9 Å². The summed E-state index contributed by atoms with van der Waals surface area (Å²) in [6, 6.07) is 170. The molecule has 0 aliphatic carbocycles. The Kier molecular flexibility index (Phi) is 25.5. The maximum atomic E-state index is 4.74. The molecule has 0 spiro atoms. The molecular formula is C120H76Ir2N6. The quantitative estimate of drug-likeness (QED) is 0.0751. The van der Waals surface area contributed by atoms with Crippen LogP contribution in [0.2, 0.25) is 0 Å².